The lowest BCUT2D eigenvalue weighted by Gasteiger charge is -2.44. The second kappa shape index (κ2) is 12.5. The Bertz CT molecular complexity index is 1190. The van der Waals surface area contributed by atoms with Gasteiger partial charge in [0.1, 0.15) is 17.8 Å². The fourth-order valence-electron chi connectivity index (χ4n) is 3.95. The van der Waals surface area contributed by atoms with E-state index < -0.39 is 53.7 Å². The van der Waals surface area contributed by atoms with Crippen molar-refractivity contribution < 1.29 is 48.1 Å². The lowest BCUT2D eigenvalue weighted by Crippen LogP contribution is -2.61. The van der Waals surface area contributed by atoms with Crippen LogP contribution in [0.3, 0.4) is 0 Å². The quantitative estimate of drug-likeness (QED) is 0.140. The summed E-state index contributed by atoms with van der Waals surface area (Å²) in [7, 11) is 0. The van der Waals surface area contributed by atoms with Gasteiger partial charge in [-0.15, -0.1) is 0 Å². The molecule has 1 fully saturated rings. The topological polar surface area (TPSA) is 147 Å². The molecule has 37 heavy (non-hydrogen) atoms. The largest absolute Gasteiger partial charge is 0.463 e. The van der Waals surface area contributed by atoms with Gasteiger partial charge in [-0.3, -0.25) is 19.2 Å². The molecule has 1 aliphatic rings. The molecule has 11 nitrogen and oxygen atoms in total. The first kappa shape index (κ1) is 27.9. The van der Waals surface area contributed by atoms with Gasteiger partial charge in [0, 0.05) is 33.3 Å². The van der Waals surface area contributed by atoms with Gasteiger partial charge in [-0.25, -0.2) is 0 Å². The Balaban J connectivity index is 2.05. The Morgan fingerprint density at radius 1 is 0.838 bits per heavy atom. The Morgan fingerprint density at radius 3 is 2.05 bits per heavy atom. The second-order valence-corrected chi connectivity index (χ2v) is 9.20. The third-order valence-electron chi connectivity index (χ3n) is 5.29. The van der Waals surface area contributed by atoms with E-state index in [2.05, 4.69) is 5.16 Å². The van der Waals surface area contributed by atoms with Crippen LogP contribution in [0.4, 0.5) is 0 Å². The molecule has 3 rings (SSSR count). The van der Waals surface area contributed by atoms with Gasteiger partial charge in [-0.05, 0) is 10.8 Å². The number of oxime groups is 1. The number of carbonyl (C=O) groups is 4. The maximum absolute atomic E-state index is 12.0. The Hall–Kier alpha value is -3.64. The molecule has 0 saturated carbocycles. The maximum Gasteiger partial charge on any atom is 0.303 e. The summed E-state index contributed by atoms with van der Waals surface area (Å²) in [6.07, 6.45) is -4.97. The number of carbonyl (C=O) groups excluding carboxylic acids is 4. The molecule has 2 aromatic rings. The molecular weight excluding hydrogens is 506 g/mol. The van der Waals surface area contributed by atoms with Crippen molar-refractivity contribution in [3.63, 3.8) is 0 Å². The maximum atomic E-state index is 12.0. The SMILES string of the molecule is CC(=O)OC[C@H]1O[C@@H](S/C(=N\O)c2cccc3ccccc23)[C@H](OC(C)=O)[C@@H](OC(C)=O)[C@@H]1OC(C)=O. The molecule has 198 valence electrons. The van der Waals surface area contributed by atoms with Gasteiger partial charge in [0.05, 0.1) is 0 Å². The van der Waals surface area contributed by atoms with Crippen LogP contribution in [-0.2, 0) is 42.9 Å². The lowest BCUT2D eigenvalue weighted by molar-refractivity contribution is -0.237. The summed E-state index contributed by atoms with van der Waals surface area (Å²) < 4.78 is 27.5. The highest BCUT2D eigenvalue weighted by molar-refractivity contribution is 8.14. The van der Waals surface area contributed by atoms with Crippen LogP contribution >= 0.6 is 11.8 Å². The first-order chi connectivity index (χ1) is 17.6. The van der Waals surface area contributed by atoms with Crippen LogP contribution in [0.15, 0.2) is 47.6 Å². The highest BCUT2D eigenvalue weighted by Crippen LogP contribution is 2.37. The van der Waals surface area contributed by atoms with Crippen molar-refractivity contribution in [2.24, 2.45) is 5.16 Å². The average Bonchev–Trinajstić information content (AvgIpc) is 2.83. The van der Waals surface area contributed by atoms with E-state index in [-0.39, 0.29) is 11.7 Å². The van der Waals surface area contributed by atoms with E-state index >= 15 is 0 Å². The molecule has 0 radical (unpaired) electrons. The molecule has 1 N–H and O–H groups in total. The predicted molar refractivity (Wildman–Crippen MR) is 132 cm³/mol. The van der Waals surface area contributed by atoms with Crippen molar-refractivity contribution in [1.82, 2.24) is 0 Å². The molecule has 1 saturated heterocycles. The van der Waals surface area contributed by atoms with E-state index in [0.29, 0.717) is 5.56 Å². The minimum Gasteiger partial charge on any atom is -0.463 e. The second-order valence-electron chi connectivity index (χ2n) is 8.12. The Kier molecular flexibility index (Phi) is 9.48. The molecule has 2 aromatic carbocycles. The molecule has 0 spiro atoms. The molecule has 1 heterocycles. The van der Waals surface area contributed by atoms with Gasteiger partial charge in [0.15, 0.2) is 23.7 Å². The number of esters is 4. The van der Waals surface area contributed by atoms with Gasteiger partial charge in [-0.2, -0.15) is 0 Å². The summed E-state index contributed by atoms with van der Waals surface area (Å²) in [5.74, 6) is -2.79. The predicted octanol–water partition coefficient (Wildman–Crippen LogP) is 2.79. The zero-order valence-electron chi connectivity index (χ0n) is 20.6. The number of rotatable bonds is 7. The van der Waals surface area contributed by atoms with Gasteiger partial charge < -0.3 is 28.9 Å². The van der Waals surface area contributed by atoms with Crippen LogP contribution in [-0.4, -0.2) is 70.6 Å². The number of nitrogens with zero attached hydrogens (tertiary/aromatic N) is 1. The van der Waals surface area contributed by atoms with Gasteiger partial charge in [-0.1, -0.05) is 59.4 Å². The van der Waals surface area contributed by atoms with Crippen LogP contribution < -0.4 is 0 Å². The van der Waals surface area contributed by atoms with E-state index in [1.54, 1.807) is 12.1 Å². The first-order valence-corrected chi connectivity index (χ1v) is 12.2. The number of hydrogen-bond donors (Lipinski definition) is 1. The van der Waals surface area contributed by atoms with Gasteiger partial charge in [0.2, 0.25) is 0 Å². The highest BCUT2D eigenvalue weighted by atomic mass is 32.2. The monoisotopic (exact) mass is 533 g/mol. The molecule has 5 atom stereocenters. The van der Waals surface area contributed by atoms with Crippen molar-refractivity contribution in [3.05, 3.63) is 48.0 Å². The van der Waals surface area contributed by atoms with E-state index in [0.717, 1.165) is 43.3 Å². The van der Waals surface area contributed by atoms with Crippen LogP contribution in [0.25, 0.3) is 10.8 Å². The van der Waals surface area contributed by atoms with E-state index in [1.807, 2.05) is 30.3 Å². The summed E-state index contributed by atoms with van der Waals surface area (Å²) in [6, 6.07) is 12.9. The summed E-state index contributed by atoms with van der Waals surface area (Å²) in [6.45, 7) is 4.29. The van der Waals surface area contributed by atoms with E-state index in [9.17, 15) is 24.4 Å². The fraction of sp³-hybridized carbons (Fsp3) is 0.400. The van der Waals surface area contributed by atoms with E-state index in [1.165, 1.54) is 6.92 Å². The Labute approximate surface area is 217 Å². The standard InChI is InChI=1S/C25H27NO10S/c1-13(27)32-12-20-21(33-14(2)28)22(34-15(3)29)23(35-16(4)30)25(36-20)37-24(26-31)19-11-7-9-17-8-5-6-10-18(17)19/h5-11,20-23,25,31H,12H2,1-4H3/b26-24-/t20-,21-,22+,23-,25+/m1/s1. The molecular formula is C25H27NO10S. The molecule has 0 aromatic heterocycles. The third-order valence-corrected chi connectivity index (χ3v) is 6.42. The number of benzene rings is 2. The summed E-state index contributed by atoms with van der Waals surface area (Å²) in [4.78, 5) is 47.4. The van der Waals surface area contributed by atoms with Gasteiger partial charge in [0.25, 0.3) is 0 Å². The number of thioether (sulfide) groups is 1. The third kappa shape index (κ3) is 7.20. The molecule has 0 unspecified atom stereocenters. The zero-order chi connectivity index (χ0) is 27.1. The Morgan fingerprint density at radius 2 is 1.43 bits per heavy atom. The van der Waals surface area contributed by atoms with Crippen molar-refractivity contribution in [2.45, 2.75) is 57.5 Å². The van der Waals surface area contributed by atoms with Crippen LogP contribution in [0.2, 0.25) is 0 Å². The lowest BCUT2D eigenvalue weighted by atomic mass is 9.99. The number of fused-ring (bicyclic) bond motifs is 1. The van der Waals surface area contributed by atoms with Crippen molar-refractivity contribution in [2.75, 3.05) is 6.61 Å². The summed E-state index contributed by atoms with van der Waals surface area (Å²) in [5, 5.41) is 15.2. The molecule has 0 amide bonds. The molecule has 1 aliphatic heterocycles. The minimum atomic E-state index is -1.32. The number of ether oxygens (including phenoxy) is 5. The fourth-order valence-corrected chi connectivity index (χ4v) is 5.06. The summed E-state index contributed by atoms with van der Waals surface area (Å²) in [5.41, 5.74) is -0.552. The average molecular weight is 534 g/mol. The summed E-state index contributed by atoms with van der Waals surface area (Å²) >= 11 is 0.902. The normalized spacial score (nSPS) is 23.7. The van der Waals surface area contributed by atoms with Crippen molar-refractivity contribution in [3.8, 4) is 0 Å². The zero-order valence-corrected chi connectivity index (χ0v) is 21.4. The number of hydrogen-bond acceptors (Lipinski definition) is 12. The van der Waals surface area contributed by atoms with Gasteiger partial charge >= 0.3 is 23.9 Å². The molecule has 0 aliphatic carbocycles. The van der Waals surface area contributed by atoms with Crippen molar-refractivity contribution >= 4 is 51.5 Å². The van der Waals surface area contributed by atoms with E-state index in [4.69, 9.17) is 23.7 Å². The highest BCUT2D eigenvalue weighted by Gasteiger charge is 2.52. The van der Waals surface area contributed by atoms with Crippen molar-refractivity contribution in [1.29, 1.82) is 0 Å². The molecule has 0 bridgehead atoms. The molecule has 12 heteroatoms. The smallest absolute Gasteiger partial charge is 0.303 e. The van der Waals surface area contributed by atoms with Crippen LogP contribution in [0.1, 0.15) is 33.3 Å². The van der Waals surface area contributed by atoms with Crippen LogP contribution in [0.5, 0.6) is 0 Å². The first-order valence-electron chi connectivity index (χ1n) is 11.3. The van der Waals surface area contributed by atoms with Crippen LogP contribution in [0, 0.1) is 0 Å². The minimum absolute atomic E-state index is 0.123.